The maximum Gasteiger partial charge on any atom is 0.518 e. The summed E-state index contributed by atoms with van der Waals surface area (Å²) in [7, 11) is 1.44. The van der Waals surface area contributed by atoms with Crippen molar-refractivity contribution < 1.29 is 43.3 Å². The first kappa shape index (κ1) is 28.2. The first-order chi connectivity index (χ1) is 17.4. The number of hydrogen-bond acceptors (Lipinski definition) is 14. The molecule has 0 radical (unpaired) electrons. The number of oxime groups is 1. The van der Waals surface area contributed by atoms with Gasteiger partial charge in [-0.15, -0.1) is 23.1 Å². The van der Waals surface area contributed by atoms with Gasteiger partial charge in [-0.25, -0.2) is 9.78 Å². The number of hydrogen-bond donors (Lipinski definition) is 3. The summed E-state index contributed by atoms with van der Waals surface area (Å²) >= 11 is 2.36. The summed E-state index contributed by atoms with van der Waals surface area (Å²) in [6, 6.07) is -1.00. The van der Waals surface area contributed by atoms with E-state index < -0.39 is 52.8 Å². The Balaban J connectivity index is 1.69. The Bertz CT molecular complexity index is 1140. The number of nitrogens with one attached hydrogen (secondary N) is 1. The van der Waals surface area contributed by atoms with E-state index in [1.807, 2.05) is 0 Å². The van der Waals surface area contributed by atoms with E-state index >= 15 is 0 Å². The molecule has 0 aromatic carbocycles. The minimum atomic E-state index is -1.24. The minimum Gasteiger partial charge on any atom is -0.425 e. The fourth-order valence-corrected chi connectivity index (χ4v) is 5.06. The van der Waals surface area contributed by atoms with Crippen molar-refractivity contribution in [1.29, 1.82) is 0 Å². The standard InChI is InChI=1S/C21H27N5O9S2/c1-9(33-18(29)21(2,3)4)34-20(30)35-16-10(6-32-5)7-36-17-13(15(28)26(16)17)24-14(27)12(25-31)11-8-37-19(22)23-11/h8-9,13,17,31H,6-7H2,1-5H3,(H2,22,23)(H,24,27)/b25-12-/t9?,13?,17-/m0/s1. The van der Waals surface area contributed by atoms with Crippen molar-refractivity contribution >= 4 is 57.9 Å². The maximum atomic E-state index is 13.0. The number of methoxy groups -OCH3 is 1. The van der Waals surface area contributed by atoms with Crippen LogP contribution in [0.2, 0.25) is 0 Å². The molecule has 202 valence electrons. The number of thiazole rings is 1. The number of nitrogens with two attached hydrogens (primary N) is 1. The summed E-state index contributed by atoms with van der Waals surface area (Å²) in [5.74, 6) is -1.78. The third kappa shape index (κ3) is 6.31. The number of β-lactam (4-membered cyclic amide) rings is 1. The average Bonchev–Trinajstić information content (AvgIpc) is 3.23. The summed E-state index contributed by atoms with van der Waals surface area (Å²) in [4.78, 5) is 55.2. The van der Waals surface area contributed by atoms with Gasteiger partial charge in [0, 0.05) is 30.7 Å². The number of aromatic nitrogens is 1. The van der Waals surface area contributed by atoms with Crippen LogP contribution in [0.4, 0.5) is 9.93 Å². The molecule has 0 bridgehead atoms. The molecule has 1 saturated heterocycles. The third-order valence-corrected chi connectivity index (χ3v) is 7.02. The van der Waals surface area contributed by atoms with E-state index in [2.05, 4.69) is 15.5 Å². The van der Waals surface area contributed by atoms with Gasteiger partial charge in [0.25, 0.3) is 11.8 Å². The summed E-state index contributed by atoms with van der Waals surface area (Å²) in [5.41, 5.74) is 4.90. The Hall–Kier alpha value is -3.37. The fourth-order valence-electron chi connectivity index (χ4n) is 3.21. The molecule has 37 heavy (non-hydrogen) atoms. The zero-order valence-corrected chi connectivity index (χ0v) is 22.3. The average molecular weight is 558 g/mol. The van der Waals surface area contributed by atoms with E-state index in [-0.39, 0.29) is 23.3 Å². The van der Waals surface area contributed by atoms with Gasteiger partial charge in [-0.3, -0.25) is 19.3 Å². The first-order valence-electron chi connectivity index (χ1n) is 10.9. The third-order valence-electron chi connectivity index (χ3n) is 5.01. The highest BCUT2D eigenvalue weighted by atomic mass is 32.2. The molecule has 4 N–H and O–H groups in total. The zero-order chi connectivity index (χ0) is 27.5. The van der Waals surface area contributed by atoms with Gasteiger partial charge < -0.3 is 35.2 Å². The van der Waals surface area contributed by atoms with Crippen LogP contribution in [0, 0.1) is 5.41 Å². The number of fused-ring (bicyclic) bond motifs is 1. The van der Waals surface area contributed by atoms with Gasteiger partial charge in [0.15, 0.2) is 10.8 Å². The molecule has 0 saturated carbocycles. The Morgan fingerprint density at radius 2 is 2.05 bits per heavy atom. The predicted molar refractivity (Wildman–Crippen MR) is 131 cm³/mol. The topological polar surface area (TPSA) is 192 Å². The Labute approximate surface area is 220 Å². The molecule has 14 nitrogen and oxygen atoms in total. The zero-order valence-electron chi connectivity index (χ0n) is 20.7. The Morgan fingerprint density at radius 1 is 1.35 bits per heavy atom. The number of thioether (sulfide) groups is 1. The number of nitrogen functional groups attached to an aromatic ring is 1. The number of rotatable bonds is 8. The smallest absolute Gasteiger partial charge is 0.425 e. The Morgan fingerprint density at radius 3 is 2.62 bits per heavy atom. The molecule has 3 atom stereocenters. The van der Waals surface area contributed by atoms with Crippen LogP contribution in [-0.4, -0.2) is 81.9 Å². The second-order valence-electron chi connectivity index (χ2n) is 8.92. The molecule has 16 heteroatoms. The van der Waals surface area contributed by atoms with Crippen molar-refractivity contribution in [2.45, 2.75) is 45.4 Å². The van der Waals surface area contributed by atoms with Crippen LogP contribution < -0.4 is 11.1 Å². The van der Waals surface area contributed by atoms with Gasteiger partial charge in [-0.2, -0.15) is 0 Å². The van der Waals surface area contributed by atoms with Crippen molar-refractivity contribution in [2.24, 2.45) is 10.6 Å². The monoisotopic (exact) mass is 557 g/mol. The Kier molecular flexibility index (Phi) is 8.65. The highest BCUT2D eigenvalue weighted by Gasteiger charge is 2.54. The molecule has 1 aromatic rings. The van der Waals surface area contributed by atoms with Gasteiger partial charge in [-0.1, -0.05) is 5.16 Å². The molecular weight excluding hydrogens is 530 g/mol. The van der Waals surface area contributed by atoms with Gasteiger partial charge in [0.1, 0.15) is 17.1 Å². The van der Waals surface area contributed by atoms with Gasteiger partial charge in [0.05, 0.1) is 12.0 Å². The summed E-state index contributed by atoms with van der Waals surface area (Å²) < 4.78 is 20.6. The van der Waals surface area contributed by atoms with E-state index in [1.54, 1.807) is 20.8 Å². The number of carbonyl (C=O) groups excluding carboxylic acids is 4. The molecule has 3 heterocycles. The molecule has 3 rings (SSSR count). The van der Waals surface area contributed by atoms with Crippen LogP contribution in [-0.2, 0) is 33.3 Å². The first-order valence-corrected chi connectivity index (χ1v) is 12.8. The molecule has 0 spiro atoms. The number of anilines is 1. The van der Waals surface area contributed by atoms with E-state index in [0.29, 0.717) is 11.3 Å². The normalized spacial score (nSPS) is 20.5. The van der Waals surface area contributed by atoms with Crippen molar-refractivity contribution in [3.05, 3.63) is 22.5 Å². The SMILES string of the molecule is COCC1=C(OC(=O)OC(C)OC(=O)C(C)(C)C)N2C(=O)C(NC(=O)/C(=N\O)c3csc(N)n3)[C@@H]2SC1. The van der Waals surface area contributed by atoms with Crippen molar-refractivity contribution in [1.82, 2.24) is 15.2 Å². The van der Waals surface area contributed by atoms with Crippen LogP contribution in [0.25, 0.3) is 0 Å². The van der Waals surface area contributed by atoms with Crippen LogP contribution >= 0.6 is 23.1 Å². The molecule has 1 fully saturated rings. The van der Waals surface area contributed by atoms with Gasteiger partial charge in [-0.05, 0) is 20.8 Å². The molecule has 2 aliphatic rings. The highest BCUT2D eigenvalue weighted by Crippen LogP contribution is 2.41. The summed E-state index contributed by atoms with van der Waals surface area (Å²) in [6.07, 6.45) is -2.44. The molecule has 2 aliphatic heterocycles. The van der Waals surface area contributed by atoms with E-state index in [9.17, 15) is 24.4 Å². The van der Waals surface area contributed by atoms with E-state index in [0.717, 1.165) is 11.3 Å². The lowest BCUT2D eigenvalue weighted by molar-refractivity contribution is -0.177. The van der Waals surface area contributed by atoms with Gasteiger partial charge in [0.2, 0.25) is 12.2 Å². The second-order valence-corrected chi connectivity index (χ2v) is 10.9. The fraction of sp³-hybridized carbons (Fsp3) is 0.524. The summed E-state index contributed by atoms with van der Waals surface area (Å²) in [5, 5.41) is 15.8. The van der Waals surface area contributed by atoms with Crippen LogP contribution in [0.3, 0.4) is 0 Å². The number of amides is 2. The molecular formula is C21H27N5O9S2. The number of esters is 1. The largest absolute Gasteiger partial charge is 0.518 e. The molecule has 2 amide bonds. The summed E-state index contributed by atoms with van der Waals surface area (Å²) in [6.45, 7) is 6.35. The minimum absolute atomic E-state index is 0.0535. The van der Waals surface area contributed by atoms with Crippen molar-refractivity contribution in [3.8, 4) is 0 Å². The van der Waals surface area contributed by atoms with Crippen molar-refractivity contribution in [2.75, 3.05) is 25.2 Å². The van der Waals surface area contributed by atoms with Crippen LogP contribution in [0.15, 0.2) is 22.0 Å². The van der Waals surface area contributed by atoms with Gasteiger partial charge >= 0.3 is 12.1 Å². The van der Waals surface area contributed by atoms with Crippen LogP contribution in [0.5, 0.6) is 0 Å². The molecule has 0 aliphatic carbocycles. The lowest BCUT2D eigenvalue weighted by Gasteiger charge is -2.49. The van der Waals surface area contributed by atoms with Crippen LogP contribution in [0.1, 0.15) is 33.4 Å². The highest BCUT2D eigenvalue weighted by molar-refractivity contribution is 8.00. The second kappa shape index (κ2) is 11.4. The van der Waals surface area contributed by atoms with E-state index in [1.165, 1.54) is 36.1 Å². The maximum absolute atomic E-state index is 13.0. The lowest BCUT2D eigenvalue weighted by Crippen LogP contribution is -2.70. The number of carbonyl (C=O) groups is 4. The number of ether oxygens (including phenoxy) is 4. The lowest BCUT2D eigenvalue weighted by atomic mass is 9.97. The van der Waals surface area contributed by atoms with E-state index in [4.69, 9.17) is 24.7 Å². The molecule has 1 aromatic heterocycles. The quantitative estimate of drug-likeness (QED) is 0.104. The van der Waals surface area contributed by atoms with Crippen molar-refractivity contribution in [3.63, 3.8) is 0 Å². The molecule has 2 unspecified atom stereocenters. The predicted octanol–water partition coefficient (Wildman–Crippen LogP) is 1.25. The number of nitrogens with zero attached hydrogens (tertiary/aromatic N) is 3.